The Hall–Kier alpha value is -7.18. The van der Waals surface area contributed by atoms with Gasteiger partial charge in [0.05, 0.1) is 33.8 Å². The van der Waals surface area contributed by atoms with Gasteiger partial charge in [-0.25, -0.2) is 9.97 Å². The molecule has 2 aliphatic heterocycles. The quantitative estimate of drug-likeness (QED) is 0.192. The molecule has 242 valence electrons. The van der Waals surface area contributed by atoms with Gasteiger partial charge in [0.25, 0.3) is 0 Å². The van der Waals surface area contributed by atoms with Crippen LogP contribution in [-0.2, 0) is 0 Å². The van der Waals surface area contributed by atoms with E-state index in [1.54, 1.807) is 0 Å². The number of carbonyl (C=O) groups excluding carboxylic acids is 2. The van der Waals surface area contributed by atoms with E-state index >= 15 is 0 Å². The lowest BCUT2D eigenvalue weighted by Gasteiger charge is -2.16. The molecule has 0 radical (unpaired) electrons. The van der Waals surface area contributed by atoms with Gasteiger partial charge in [-0.2, -0.15) is 0 Å². The summed E-state index contributed by atoms with van der Waals surface area (Å²) >= 11 is 0. The largest absolute Gasteiger partial charge is 0.354 e. The first kappa shape index (κ1) is 28.6. The van der Waals surface area contributed by atoms with Crippen molar-refractivity contribution in [3.8, 4) is 44.5 Å². The Bertz CT molecular complexity index is 2780. The zero-order valence-electron chi connectivity index (χ0n) is 27.6. The molecule has 0 saturated carbocycles. The van der Waals surface area contributed by atoms with Crippen molar-refractivity contribution < 1.29 is 9.59 Å². The summed E-state index contributed by atoms with van der Waals surface area (Å²) in [5.41, 5.74) is 15.5. The summed E-state index contributed by atoms with van der Waals surface area (Å²) in [5, 5.41) is 0. The maximum atomic E-state index is 14.2. The summed E-state index contributed by atoms with van der Waals surface area (Å²) in [6, 6.07) is 39.7. The van der Waals surface area contributed by atoms with E-state index in [0.717, 1.165) is 89.4 Å². The minimum atomic E-state index is -0.0397. The highest BCUT2D eigenvalue weighted by Crippen LogP contribution is 2.45. The number of benzene rings is 4. The normalized spacial score (nSPS) is 13.3. The minimum Gasteiger partial charge on any atom is -0.354 e. The van der Waals surface area contributed by atoms with E-state index in [2.05, 4.69) is 34.2 Å². The van der Waals surface area contributed by atoms with Crippen molar-refractivity contribution in [1.82, 2.24) is 19.9 Å². The molecule has 7 aromatic rings. The van der Waals surface area contributed by atoms with E-state index in [9.17, 15) is 9.59 Å². The van der Waals surface area contributed by atoms with Crippen LogP contribution in [0.2, 0.25) is 0 Å². The van der Waals surface area contributed by atoms with Crippen LogP contribution in [0.1, 0.15) is 54.6 Å². The SMILES string of the molecule is O=C1c2ccccc2-c2c3nc(c4c5[nH]c(cc5C(=O)c5ccccc5-4)c(-c4ccccc4)c4nc(c(-c5ccccc5)c5cc1c2[nH]5)C=C4)C=C3. The van der Waals surface area contributed by atoms with Gasteiger partial charge in [0.2, 0.25) is 0 Å². The third kappa shape index (κ3) is 4.00. The van der Waals surface area contributed by atoms with Crippen LogP contribution in [0.25, 0.3) is 90.9 Å². The van der Waals surface area contributed by atoms with E-state index in [0.29, 0.717) is 22.3 Å². The number of aromatic amines is 2. The molecule has 0 atom stereocenters. The zero-order valence-corrected chi connectivity index (χ0v) is 27.6. The average molecular weight is 667 g/mol. The molecule has 0 unspecified atom stereocenters. The number of H-pyrrole nitrogens is 2. The number of carbonyl (C=O) groups is 2. The molecular formula is C46H26N4O2. The molecule has 0 fully saturated rings. The highest BCUT2D eigenvalue weighted by Gasteiger charge is 2.31. The Morgan fingerprint density at radius 1 is 0.365 bits per heavy atom. The van der Waals surface area contributed by atoms with Crippen LogP contribution in [0, 0.1) is 0 Å². The highest BCUT2D eigenvalue weighted by atomic mass is 16.1. The zero-order chi connectivity index (χ0) is 34.5. The fourth-order valence-corrected chi connectivity index (χ4v) is 8.19. The van der Waals surface area contributed by atoms with Crippen LogP contribution in [0.3, 0.4) is 0 Å². The third-order valence-electron chi connectivity index (χ3n) is 10.5. The molecule has 52 heavy (non-hydrogen) atoms. The van der Waals surface area contributed by atoms with E-state index in [1.165, 1.54) is 0 Å². The number of nitrogens with one attached hydrogen (secondary N) is 2. The van der Waals surface area contributed by atoms with Crippen molar-refractivity contribution in [3.63, 3.8) is 0 Å². The van der Waals surface area contributed by atoms with Gasteiger partial charge >= 0.3 is 0 Å². The van der Waals surface area contributed by atoms with Gasteiger partial charge in [0.1, 0.15) is 0 Å². The monoisotopic (exact) mass is 666 g/mol. The Balaban J connectivity index is 1.39. The molecule has 8 bridgehead atoms. The van der Waals surface area contributed by atoms with Crippen molar-refractivity contribution >= 4 is 57.9 Å². The molecular weight excluding hydrogens is 641 g/mol. The Morgan fingerprint density at radius 2 is 0.712 bits per heavy atom. The van der Waals surface area contributed by atoms with Crippen LogP contribution in [0.15, 0.2) is 121 Å². The number of hydrogen-bond acceptors (Lipinski definition) is 4. The maximum Gasteiger partial charge on any atom is 0.195 e. The topological polar surface area (TPSA) is 91.5 Å². The smallest absolute Gasteiger partial charge is 0.195 e. The average Bonchev–Trinajstić information content (AvgIpc) is 4.01. The summed E-state index contributed by atoms with van der Waals surface area (Å²) < 4.78 is 0. The van der Waals surface area contributed by atoms with Crippen molar-refractivity contribution in [3.05, 3.63) is 166 Å². The van der Waals surface area contributed by atoms with Gasteiger partial charge in [-0.1, -0.05) is 109 Å². The first-order chi connectivity index (χ1) is 25.6. The second-order valence-corrected chi connectivity index (χ2v) is 13.4. The summed E-state index contributed by atoms with van der Waals surface area (Å²) in [7, 11) is 0. The van der Waals surface area contributed by atoms with Gasteiger partial charge in [-0.3, -0.25) is 9.59 Å². The number of fused-ring (bicyclic) bond motifs is 12. The van der Waals surface area contributed by atoms with Crippen molar-refractivity contribution in [2.45, 2.75) is 0 Å². The number of hydrogen-bond donors (Lipinski definition) is 2. The molecule has 2 N–H and O–H groups in total. The number of aromatic nitrogens is 4. The molecule has 0 amide bonds. The third-order valence-corrected chi connectivity index (χ3v) is 10.5. The highest BCUT2D eigenvalue weighted by molar-refractivity contribution is 6.25. The van der Waals surface area contributed by atoms with E-state index < -0.39 is 0 Å². The molecule has 6 heteroatoms. The first-order valence-electron chi connectivity index (χ1n) is 17.3. The molecule has 2 aliphatic carbocycles. The molecule has 0 spiro atoms. The van der Waals surface area contributed by atoms with Crippen LogP contribution < -0.4 is 0 Å². The Labute approximate surface area is 297 Å². The summed E-state index contributed by atoms with van der Waals surface area (Å²) in [4.78, 5) is 46.5. The molecule has 3 aromatic heterocycles. The molecule has 6 nitrogen and oxygen atoms in total. The fraction of sp³-hybridized carbons (Fsp3) is 0. The Kier molecular flexibility index (Phi) is 5.87. The first-order valence-corrected chi connectivity index (χ1v) is 17.3. The predicted octanol–water partition coefficient (Wildman–Crippen LogP) is 10.4. The summed E-state index contributed by atoms with van der Waals surface area (Å²) in [5.74, 6) is -0.0794. The van der Waals surface area contributed by atoms with E-state index in [4.69, 9.17) is 9.97 Å². The number of nitrogens with zero attached hydrogens (tertiary/aromatic N) is 2. The van der Waals surface area contributed by atoms with E-state index in [1.807, 2.05) is 121 Å². The van der Waals surface area contributed by atoms with Crippen LogP contribution in [-0.4, -0.2) is 31.5 Å². The number of ketones is 2. The van der Waals surface area contributed by atoms with Gasteiger partial charge in [-0.15, -0.1) is 0 Å². The summed E-state index contributed by atoms with van der Waals surface area (Å²) in [6.07, 6.45) is 8.10. The minimum absolute atomic E-state index is 0.0397. The molecule has 0 saturated heterocycles. The molecule has 5 heterocycles. The van der Waals surface area contributed by atoms with Crippen LogP contribution in [0.4, 0.5) is 0 Å². The standard InChI is InChI=1S/C46H26N4O2/c51-45-29-17-9-7-15-27(29)41-35-21-22-36(48-35)42-28-16-8-10-18-30(28)46(52)32-24-38(50-44(32)42)40(26-13-5-2-6-14-26)34-20-19-33(47-34)39(25-11-3-1-4-12-25)37-23-31(45)43(41)49-37/h1-24,49-50H. The second-order valence-electron chi connectivity index (χ2n) is 13.4. The predicted molar refractivity (Wildman–Crippen MR) is 207 cm³/mol. The van der Waals surface area contributed by atoms with Crippen LogP contribution >= 0.6 is 0 Å². The Morgan fingerprint density at radius 3 is 1.12 bits per heavy atom. The molecule has 4 aliphatic rings. The lowest BCUT2D eigenvalue weighted by molar-refractivity contribution is 0.103. The van der Waals surface area contributed by atoms with Crippen molar-refractivity contribution in [2.75, 3.05) is 0 Å². The van der Waals surface area contributed by atoms with Crippen LogP contribution in [0.5, 0.6) is 0 Å². The maximum absolute atomic E-state index is 14.2. The fourth-order valence-electron chi connectivity index (χ4n) is 8.19. The van der Waals surface area contributed by atoms with Gasteiger partial charge in [0, 0.05) is 55.5 Å². The second kappa shape index (κ2) is 10.7. The van der Waals surface area contributed by atoms with Gasteiger partial charge in [0.15, 0.2) is 11.6 Å². The molecule has 11 rings (SSSR count). The lowest BCUT2D eigenvalue weighted by Crippen LogP contribution is -2.09. The van der Waals surface area contributed by atoms with Crippen molar-refractivity contribution in [2.24, 2.45) is 0 Å². The lowest BCUT2D eigenvalue weighted by atomic mass is 9.87. The summed E-state index contributed by atoms with van der Waals surface area (Å²) in [6.45, 7) is 0. The van der Waals surface area contributed by atoms with Crippen molar-refractivity contribution in [1.29, 1.82) is 0 Å². The number of rotatable bonds is 2. The molecule has 4 aromatic carbocycles. The van der Waals surface area contributed by atoms with E-state index in [-0.39, 0.29) is 11.6 Å². The van der Waals surface area contributed by atoms with Gasteiger partial charge in [-0.05, 0) is 58.7 Å². The van der Waals surface area contributed by atoms with Gasteiger partial charge < -0.3 is 9.97 Å².